The first-order chi connectivity index (χ1) is 7.77. The molecule has 0 spiro atoms. The average Bonchev–Trinajstić information content (AvgIpc) is 2.73. The summed E-state index contributed by atoms with van der Waals surface area (Å²) in [4.78, 5) is 18.0. The molecule has 1 amide bonds. The Labute approximate surface area is 103 Å². The fourth-order valence-corrected chi connectivity index (χ4v) is 1.46. The van der Waals surface area contributed by atoms with Crippen LogP contribution >= 0.6 is 0 Å². The Kier molecular flexibility index (Phi) is 3.91. The van der Waals surface area contributed by atoms with Crippen molar-refractivity contribution < 1.29 is 4.79 Å². The van der Waals surface area contributed by atoms with E-state index < -0.39 is 0 Å². The highest BCUT2D eigenvalue weighted by Crippen LogP contribution is 2.23. The summed E-state index contributed by atoms with van der Waals surface area (Å²) < 4.78 is 0. The molecule has 0 radical (unpaired) electrons. The summed E-state index contributed by atoms with van der Waals surface area (Å²) in [6.07, 6.45) is 0.749. The molecule has 0 aliphatic rings. The minimum atomic E-state index is -0.136. The van der Waals surface area contributed by atoms with Gasteiger partial charge >= 0.3 is 0 Å². The van der Waals surface area contributed by atoms with Crippen molar-refractivity contribution in [3.63, 3.8) is 0 Å². The molecular weight excluding hydrogens is 216 g/mol. The van der Waals surface area contributed by atoms with Gasteiger partial charge in [0.15, 0.2) is 0 Å². The van der Waals surface area contributed by atoms with Crippen molar-refractivity contribution in [3.8, 4) is 0 Å². The van der Waals surface area contributed by atoms with Crippen LogP contribution in [-0.4, -0.2) is 39.1 Å². The van der Waals surface area contributed by atoms with Crippen molar-refractivity contribution in [2.45, 2.75) is 47.1 Å². The van der Waals surface area contributed by atoms with Crippen LogP contribution in [0.25, 0.3) is 0 Å². The highest BCUT2D eigenvalue weighted by Gasteiger charge is 2.29. The molecule has 0 saturated carbocycles. The number of nitrogens with one attached hydrogen (secondary N) is 1. The van der Waals surface area contributed by atoms with E-state index in [1.165, 1.54) is 0 Å². The van der Waals surface area contributed by atoms with Gasteiger partial charge in [-0.25, -0.2) is 4.98 Å². The number of aromatic amines is 1. The first kappa shape index (κ1) is 13.7. The summed E-state index contributed by atoms with van der Waals surface area (Å²) in [6.45, 7) is 10.3. The van der Waals surface area contributed by atoms with E-state index in [9.17, 15) is 4.79 Å². The predicted octanol–water partition coefficient (Wildman–Crippen LogP) is 1.87. The van der Waals surface area contributed by atoms with Gasteiger partial charge in [-0.1, -0.05) is 27.7 Å². The van der Waals surface area contributed by atoms with Gasteiger partial charge in [0.05, 0.1) is 0 Å². The monoisotopic (exact) mass is 238 g/mol. The summed E-state index contributed by atoms with van der Waals surface area (Å²) >= 11 is 0. The second-order valence-corrected chi connectivity index (χ2v) is 5.42. The molecule has 1 aromatic rings. The van der Waals surface area contributed by atoms with Gasteiger partial charge in [-0.2, -0.15) is 0 Å². The Morgan fingerprint density at radius 2 is 2.06 bits per heavy atom. The molecule has 0 aromatic carbocycles. The molecule has 1 atom stereocenters. The lowest BCUT2D eigenvalue weighted by atomic mass is 9.87. The Balaban J connectivity index is 2.83. The number of aromatic nitrogens is 3. The number of carbonyl (C=O) groups is 1. The van der Waals surface area contributed by atoms with Gasteiger partial charge < -0.3 is 4.90 Å². The maximum absolute atomic E-state index is 12.1. The van der Waals surface area contributed by atoms with Crippen LogP contribution in [0.1, 0.15) is 51.1 Å². The number of nitrogens with zero attached hydrogens (tertiary/aromatic N) is 3. The van der Waals surface area contributed by atoms with Crippen LogP contribution < -0.4 is 0 Å². The second-order valence-electron chi connectivity index (χ2n) is 5.42. The third kappa shape index (κ3) is 3.05. The zero-order valence-electron chi connectivity index (χ0n) is 11.5. The molecule has 96 valence electrons. The summed E-state index contributed by atoms with van der Waals surface area (Å²) in [7, 11) is 1.79. The van der Waals surface area contributed by atoms with E-state index in [1.54, 1.807) is 11.9 Å². The average molecular weight is 238 g/mol. The lowest BCUT2D eigenvalue weighted by Crippen LogP contribution is -2.43. The van der Waals surface area contributed by atoms with Gasteiger partial charge in [0, 0.05) is 19.5 Å². The van der Waals surface area contributed by atoms with Crippen LogP contribution in [0.4, 0.5) is 0 Å². The predicted molar refractivity (Wildman–Crippen MR) is 66.8 cm³/mol. The van der Waals surface area contributed by atoms with Crippen molar-refractivity contribution in [2.75, 3.05) is 7.05 Å². The number of rotatable bonds is 3. The number of aryl methyl sites for hydroxylation is 1. The third-order valence-corrected chi connectivity index (χ3v) is 3.21. The number of hydrogen-bond donors (Lipinski definition) is 1. The maximum Gasteiger partial charge on any atom is 0.293 e. The van der Waals surface area contributed by atoms with Gasteiger partial charge in [-0.3, -0.25) is 9.89 Å². The number of amides is 1. The third-order valence-electron chi connectivity index (χ3n) is 3.21. The minimum Gasteiger partial charge on any atom is -0.336 e. The smallest absolute Gasteiger partial charge is 0.293 e. The molecule has 0 aliphatic heterocycles. The van der Waals surface area contributed by atoms with Crippen LogP contribution in [0.5, 0.6) is 0 Å². The van der Waals surface area contributed by atoms with E-state index in [1.807, 2.05) is 13.8 Å². The summed E-state index contributed by atoms with van der Waals surface area (Å²) in [6, 6.07) is 0.124. The summed E-state index contributed by atoms with van der Waals surface area (Å²) in [5, 5.41) is 6.71. The van der Waals surface area contributed by atoms with Crippen LogP contribution in [0.3, 0.4) is 0 Å². The molecule has 5 nitrogen and oxygen atoms in total. The molecule has 1 heterocycles. The number of carbonyl (C=O) groups excluding carboxylic acids is 1. The van der Waals surface area contributed by atoms with Crippen LogP contribution in [0, 0.1) is 5.41 Å². The first-order valence-corrected chi connectivity index (χ1v) is 5.95. The topological polar surface area (TPSA) is 61.9 Å². The molecule has 5 heteroatoms. The van der Waals surface area contributed by atoms with Gasteiger partial charge in [-0.05, 0) is 12.3 Å². The second kappa shape index (κ2) is 4.85. The zero-order chi connectivity index (χ0) is 13.2. The summed E-state index contributed by atoms with van der Waals surface area (Å²) in [5.74, 6) is 0.856. The fraction of sp³-hybridized carbons (Fsp3) is 0.750. The molecule has 1 unspecified atom stereocenters. The van der Waals surface area contributed by atoms with Crippen molar-refractivity contribution in [3.05, 3.63) is 11.6 Å². The van der Waals surface area contributed by atoms with Gasteiger partial charge in [0.2, 0.25) is 5.82 Å². The van der Waals surface area contributed by atoms with E-state index in [0.717, 1.165) is 12.2 Å². The Morgan fingerprint density at radius 1 is 1.47 bits per heavy atom. The van der Waals surface area contributed by atoms with Crippen LogP contribution in [0.15, 0.2) is 0 Å². The van der Waals surface area contributed by atoms with Crippen molar-refractivity contribution >= 4 is 5.91 Å². The SMILES string of the molecule is CCc1nc(C(=O)N(C)C(C)C(C)(C)C)n[nH]1. The van der Waals surface area contributed by atoms with Crippen molar-refractivity contribution in [1.29, 1.82) is 0 Å². The fourth-order valence-electron chi connectivity index (χ4n) is 1.46. The maximum atomic E-state index is 12.1. The molecule has 0 saturated heterocycles. The van der Waals surface area contributed by atoms with E-state index in [0.29, 0.717) is 0 Å². The highest BCUT2D eigenvalue weighted by molar-refractivity contribution is 5.90. The molecule has 1 rings (SSSR count). The molecule has 0 bridgehead atoms. The number of H-pyrrole nitrogens is 1. The number of hydrogen-bond acceptors (Lipinski definition) is 3. The zero-order valence-corrected chi connectivity index (χ0v) is 11.5. The molecule has 1 aromatic heterocycles. The lowest BCUT2D eigenvalue weighted by molar-refractivity contribution is 0.0617. The lowest BCUT2D eigenvalue weighted by Gasteiger charge is -2.34. The quantitative estimate of drug-likeness (QED) is 0.874. The molecule has 1 N–H and O–H groups in total. The van der Waals surface area contributed by atoms with E-state index in [4.69, 9.17) is 0 Å². The van der Waals surface area contributed by atoms with E-state index >= 15 is 0 Å². The van der Waals surface area contributed by atoms with E-state index in [2.05, 4.69) is 36.0 Å². The molecule has 0 fully saturated rings. The largest absolute Gasteiger partial charge is 0.336 e. The van der Waals surface area contributed by atoms with Crippen LogP contribution in [0.2, 0.25) is 0 Å². The molecular formula is C12H22N4O. The molecule has 0 aliphatic carbocycles. The van der Waals surface area contributed by atoms with Gasteiger partial charge in [0.1, 0.15) is 5.82 Å². The van der Waals surface area contributed by atoms with Crippen molar-refractivity contribution in [2.24, 2.45) is 5.41 Å². The normalized spacial score (nSPS) is 13.5. The van der Waals surface area contributed by atoms with Gasteiger partial charge in [0.25, 0.3) is 5.91 Å². The van der Waals surface area contributed by atoms with E-state index in [-0.39, 0.29) is 23.2 Å². The highest BCUT2D eigenvalue weighted by atomic mass is 16.2. The Morgan fingerprint density at radius 3 is 2.47 bits per heavy atom. The van der Waals surface area contributed by atoms with Crippen LogP contribution in [-0.2, 0) is 6.42 Å². The standard InChI is InChI=1S/C12H22N4O/c1-7-9-13-10(15-14-9)11(17)16(6)8(2)12(3,4)5/h8H,7H2,1-6H3,(H,13,14,15). The van der Waals surface area contributed by atoms with Gasteiger partial charge in [-0.15, -0.1) is 5.10 Å². The Bertz CT molecular complexity index is 391. The first-order valence-electron chi connectivity index (χ1n) is 5.95. The molecule has 17 heavy (non-hydrogen) atoms. The Hall–Kier alpha value is -1.39. The minimum absolute atomic E-state index is 0.0360. The summed E-state index contributed by atoms with van der Waals surface area (Å²) in [5.41, 5.74) is 0.0360. The van der Waals surface area contributed by atoms with Crippen molar-refractivity contribution in [1.82, 2.24) is 20.1 Å².